The van der Waals surface area contributed by atoms with Crippen molar-refractivity contribution >= 4 is 26.0 Å². The molecule has 0 heterocycles. The Kier molecular flexibility index (Phi) is 4.85. The number of methoxy groups -OCH3 is 1. The van der Waals surface area contributed by atoms with Gasteiger partial charge in [-0.25, -0.2) is 17.5 Å². The lowest BCUT2D eigenvalue weighted by Gasteiger charge is -2.07. The van der Waals surface area contributed by atoms with Crippen molar-refractivity contribution in [1.82, 2.24) is 4.72 Å². The van der Waals surface area contributed by atoms with Gasteiger partial charge >= 0.3 is 0 Å². The van der Waals surface area contributed by atoms with Crippen LogP contribution in [0.15, 0.2) is 27.6 Å². The van der Waals surface area contributed by atoms with Gasteiger partial charge in [0.25, 0.3) is 0 Å². The van der Waals surface area contributed by atoms with Crippen LogP contribution in [0.5, 0.6) is 0 Å². The quantitative estimate of drug-likeness (QED) is 0.839. The molecule has 0 atom stereocenters. The summed E-state index contributed by atoms with van der Waals surface area (Å²) in [5, 5.41) is 0. The van der Waals surface area contributed by atoms with Crippen LogP contribution in [0.4, 0.5) is 4.39 Å². The maximum Gasteiger partial charge on any atom is 0.243 e. The van der Waals surface area contributed by atoms with Crippen LogP contribution in [0, 0.1) is 5.82 Å². The molecule has 0 aliphatic rings. The van der Waals surface area contributed by atoms with Crippen LogP contribution >= 0.6 is 15.9 Å². The molecule has 0 aliphatic heterocycles. The molecule has 1 aromatic rings. The van der Waals surface area contributed by atoms with Gasteiger partial charge in [-0.05, 0) is 18.2 Å². The Hall–Kier alpha value is -0.500. The van der Waals surface area contributed by atoms with Crippen molar-refractivity contribution < 1.29 is 17.5 Å². The van der Waals surface area contributed by atoms with E-state index < -0.39 is 15.8 Å². The molecular weight excluding hydrogens is 301 g/mol. The number of halogens is 2. The molecule has 1 N–H and O–H groups in total. The van der Waals surface area contributed by atoms with Crippen molar-refractivity contribution in [2.75, 3.05) is 20.3 Å². The molecule has 0 aromatic heterocycles. The van der Waals surface area contributed by atoms with Crippen molar-refractivity contribution in [3.8, 4) is 0 Å². The fraction of sp³-hybridized carbons (Fsp3) is 0.333. The van der Waals surface area contributed by atoms with Crippen molar-refractivity contribution in [3.63, 3.8) is 0 Å². The van der Waals surface area contributed by atoms with E-state index in [-0.39, 0.29) is 18.0 Å². The molecule has 1 rings (SSSR count). The van der Waals surface area contributed by atoms with E-state index in [1.54, 1.807) is 0 Å². The van der Waals surface area contributed by atoms with Gasteiger partial charge in [0.05, 0.1) is 6.61 Å². The lowest BCUT2D eigenvalue weighted by molar-refractivity contribution is 0.204. The minimum Gasteiger partial charge on any atom is -0.383 e. The zero-order valence-electron chi connectivity index (χ0n) is 8.54. The van der Waals surface area contributed by atoms with Crippen LogP contribution in [-0.2, 0) is 14.8 Å². The number of nitrogens with one attached hydrogen (secondary N) is 1. The van der Waals surface area contributed by atoms with Gasteiger partial charge in [-0.3, -0.25) is 0 Å². The topological polar surface area (TPSA) is 55.4 Å². The summed E-state index contributed by atoms with van der Waals surface area (Å²) in [7, 11) is -2.37. The molecule has 7 heteroatoms. The highest BCUT2D eigenvalue weighted by Crippen LogP contribution is 2.19. The van der Waals surface area contributed by atoms with Crippen molar-refractivity contribution in [1.29, 1.82) is 0 Å². The van der Waals surface area contributed by atoms with Crippen LogP contribution in [-0.4, -0.2) is 28.7 Å². The second kappa shape index (κ2) is 5.72. The normalized spacial score (nSPS) is 11.7. The summed E-state index contributed by atoms with van der Waals surface area (Å²) in [6, 6.07) is 3.74. The second-order valence-electron chi connectivity index (χ2n) is 2.97. The van der Waals surface area contributed by atoms with Crippen molar-refractivity contribution in [2.24, 2.45) is 0 Å². The van der Waals surface area contributed by atoms with Crippen molar-refractivity contribution in [3.05, 3.63) is 28.5 Å². The second-order valence-corrected chi connectivity index (χ2v) is 5.62. The van der Waals surface area contributed by atoms with E-state index in [2.05, 4.69) is 20.7 Å². The first-order valence-electron chi connectivity index (χ1n) is 4.41. The predicted molar refractivity (Wildman–Crippen MR) is 61.2 cm³/mol. The zero-order valence-corrected chi connectivity index (χ0v) is 10.9. The summed E-state index contributed by atoms with van der Waals surface area (Å²) in [5.74, 6) is -0.784. The SMILES string of the molecule is COCCNS(=O)(=O)c1cc(Br)ccc1F. The van der Waals surface area contributed by atoms with Gasteiger partial charge in [-0.15, -0.1) is 0 Å². The van der Waals surface area contributed by atoms with Gasteiger partial charge in [0.2, 0.25) is 10.0 Å². The molecule has 0 radical (unpaired) electrons. The number of rotatable bonds is 5. The highest BCUT2D eigenvalue weighted by atomic mass is 79.9. The van der Waals surface area contributed by atoms with E-state index in [0.717, 1.165) is 6.07 Å². The molecule has 0 amide bonds. The first kappa shape index (κ1) is 13.6. The van der Waals surface area contributed by atoms with E-state index in [1.165, 1.54) is 19.2 Å². The lowest BCUT2D eigenvalue weighted by atomic mass is 10.3. The average molecular weight is 312 g/mol. The highest BCUT2D eigenvalue weighted by molar-refractivity contribution is 9.10. The Labute approximate surface area is 102 Å². The largest absolute Gasteiger partial charge is 0.383 e. The summed E-state index contributed by atoms with van der Waals surface area (Å²) in [5.41, 5.74) is 0. The fourth-order valence-electron chi connectivity index (χ4n) is 1.04. The third-order valence-corrected chi connectivity index (χ3v) is 3.75. The first-order chi connectivity index (χ1) is 7.47. The molecule has 0 saturated heterocycles. The number of ether oxygens (including phenoxy) is 1. The van der Waals surface area contributed by atoms with E-state index in [9.17, 15) is 12.8 Å². The number of sulfonamides is 1. The van der Waals surface area contributed by atoms with Crippen LogP contribution in [0.2, 0.25) is 0 Å². The van der Waals surface area contributed by atoms with Crippen LogP contribution in [0.1, 0.15) is 0 Å². The molecule has 1 aromatic carbocycles. The Bertz CT molecular complexity index is 464. The van der Waals surface area contributed by atoms with E-state index in [0.29, 0.717) is 4.47 Å². The minimum atomic E-state index is -3.82. The van der Waals surface area contributed by atoms with Gasteiger partial charge in [-0.2, -0.15) is 0 Å². The molecule has 0 unspecified atom stereocenters. The van der Waals surface area contributed by atoms with Crippen LogP contribution < -0.4 is 4.72 Å². The van der Waals surface area contributed by atoms with Crippen molar-refractivity contribution in [2.45, 2.75) is 4.90 Å². The molecule has 16 heavy (non-hydrogen) atoms. The smallest absolute Gasteiger partial charge is 0.243 e. The number of benzene rings is 1. The lowest BCUT2D eigenvalue weighted by Crippen LogP contribution is -2.27. The summed E-state index contributed by atoms with van der Waals surface area (Å²) < 4.78 is 44.0. The van der Waals surface area contributed by atoms with Gasteiger partial charge in [0, 0.05) is 18.1 Å². The zero-order chi connectivity index (χ0) is 12.2. The standard InChI is InChI=1S/C9H11BrFNO3S/c1-15-5-4-12-16(13,14)9-6-7(10)2-3-8(9)11/h2-3,6,12H,4-5H2,1H3. The van der Waals surface area contributed by atoms with E-state index in [4.69, 9.17) is 4.74 Å². The third-order valence-electron chi connectivity index (χ3n) is 1.78. The van der Waals surface area contributed by atoms with E-state index in [1.807, 2.05) is 0 Å². The van der Waals surface area contributed by atoms with Gasteiger partial charge < -0.3 is 4.74 Å². The minimum absolute atomic E-state index is 0.102. The number of hydrogen-bond donors (Lipinski definition) is 1. The first-order valence-corrected chi connectivity index (χ1v) is 6.68. The Morgan fingerprint density at radius 3 is 2.81 bits per heavy atom. The van der Waals surface area contributed by atoms with Gasteiger partial charge in [0.1, 0.15) is 10.7 Å². The molecule has 0 aliphatic carbocycles. The fourth-order valence-corrected chi connectivity index (χ4v) is 2.67. The monoisotopic (exact) mass is 311 g/mol. The average Bonchev–Trinajstić information content (AvgIpc) is 2.22. The molecule has 0 saturated carbocycles. The van der Waals surface area contributed by atoms with Gasteiger partial charge in [-0.1, -0.05) is 15.9 Å². The molecule has 0 fully saturated rings. The summed E-state index contributed by atoms with van der Waals surface area (Å²) in [6.45, 7) is 0.333. The molecule has 4 nitrogen and oxygen atoms in total. The summed E-state index contributed by atoms with van der Waals surface area (Å²) >= 11 is 3.09. The summed E-state index contributed by atoms with van der Waals surface area (Å²) in [6.07, 6.45) is 0. The van der Waals surface area contributed by atoms with E-state index >= 15 is 0 Å². The predicted octanol–water partition coefficient (Wildman–Crippen LogP) is 1.51. The molecular formula is C9H11BrFNO3S. The molecule has 0 spiro atoms. The Morgan fingerprint density at radius 2 is 2.19 bits per heavy atom. The highest BCUT2D eigenvalue weighted by Gasteiger charge is 2.18. The Morgan fingerprint density at radius 1 is 1.50 bits per heavy atom. The van der Waals surface area contributed by atoms with Crippen LogP contribution in [0.25, 0.3) is 0 Å². The van der Waals surface area contributed by atoms with Gasteiger partial charge in [0.15, 0.2) is 0 Å². The molecule has 90 valence electrons. The Balaban J connectivity index is 2.93. The maximum atomic E-state index is 13.3. The summed E-state index contributed by atoms with van der Waals surface area (Å²) in [4.78, 5) is -0.377. The number of hydrogen-bond acceptors (Lipinski definition) is 3. The third kappa shape index (κ3) is 3.51. The van der Waals surface area contributed by atoms with Crippen LogP contribution in [0.3, 0.4) is 0 Å². The molecule has 0 bridgehead atoms. The maximum absolute atomic E-state index is 13.3.